The Labute approximate surface area is 110 Å². The molecule has 1 aromatic heterocycles. The van der Waals surface area contributed by atoms with Gasteiger partial charge in [0.05, 0.1) is 0 Å². The minimum atomic E-state index is 0.523. The zero-order chi connectivity index (χ0) is 12.3. The van der Waals surface area contributed by atoms with Crippen LogP contribution in [-0.2, 0) is 0 Å². The van der Waals surface area contributed by atoms with Gasteiger partial charge in [-0.3, -0.25) is 0 Å². The van der Waals surface area contributed by atoms with E-state index in [0.29, 0.717) is 5.41 Å². The highest BCUT2D eigenvalue weighted by atomic mass is 32.1. The SMILES string of the molecule is CCNCC1CCC(C)(C)CC1c1ccsc1. The Hall–Kier alpha value is -0.340. The summed E-state index contributed by atoms with van der Waals surface area (Å²) in [6, 6.07) is 2.33. The molecule has 2 heteroatoms. The first-order valence-electron chi connectivity index (χ1n) is 6.85. The fourth-order valence-electron chi connectivity index (χ4n) is 3.09. The molecule has 1 saturated carbocycles. The van der Waals surface area contributed by atoms with Crippen LogP contribution in [0.25, 0.3) is 0 Å². The van der Waals surface area contributed by atoms with Crippen LogP contribution in [-0.4, -0.2) is 13.1 Å². The summed E-state index contributed by atoms with van der Waals surface area (Å²) in [4.78, 5) is 0. The molecule has 0 bridgehead atoms. The van der Waals surface area contributed by atoms with Crippen LogP contribution in [0.15, 0.2) is 16.8 Å². The van der Waals surface area contributed by atoms with Crippen molar-refractivity contribution in [2.75, 3.05) is 13.1 Å². The summed E-state index contributed by atoms with van der Waals surface area (Å²) in [6.07, 6.45) is 4.10. The molecule has 1 aliphatic carbocycles. The number of hydrogen-bond acceptors (Lipinski definition) is 2. The lowest BCUT2D eigenvalue weighted by molar-refractivity contribution is 0.160. The van der Waals surface area contributed by atoms with Gasteiger partial charge in [-0.15, -0.1) is 0 Å². The standard InChI is InChI=1S/C15H25NS/c1-4-16-10-12-5-7-15(2,3)9-14(12)13-6-8-17-11-13/h6,8,11-12,14,16H,4-5,7,9-10H2,1-3H3. The summed E-state index contributed by atoms with van der Waals surface area (Å²) in [5.74, 6) is 1.60. The van der Waals surface area contributed by atoms with Crippen molar-refractivity contribution in [3.8, 4) is 0 Å². The van der Waals surface area contributed by atoms with Crippen molar-refractivity contribution >= 4 is 11.3 Å². The van der Waals surface area contributed by atoms with Gasteiger partial charge < -0.3 is 5.32 Å². The Bertz CT molecular complexity index is 329. The summed E-state index contributed by atoms with van der Waals surface area (Å²) >= 11 is 1.84. The third kappa shape index (κ3) is 3.32. The zero-order valence-electron chi connectivity index (χ0n) is 11.3. The molecule has 1 fully saturated rings. The molecule has 0 saturated heterocycles. The molecule has 0 spiro atoms. The van der Waals surface area contributed by atoms with Crippen molar-refractivity contribution < 1.29 is 0 Å². The van der Waals surface area contributed by atoms with Gasteiger partial charge in [0.25, 0.3) is 0 Å². The summed E-state index contributed by atoms with van der Waals surface area (Å²) in [5.41, 5.74) is 2.10. The van der Waals surface area contributed by atoms with E-state index < -0.39 is 0 Å². The molecule has 0 amide bonds. The maximum Gasteiger partial charge on any atom is -0.00148 e. The van der Waals surface area contributed by atoms with Gasteiger partial charge >= 0.3 is 0 Å². The Morgan fingerprint density at radius 1 is 1.47 bits per heavy atom. The molecule has 1 heterocycles. The van der Waals surface area contributed by atoms with E-state index in [4.69, 9.17) is 0 Å². The van der Waals surface area contributed by atoms with E-state index in [2.05, 4.69) is 42.9 Å². The van der Waals surface area contributed by atoms with Crippen LogP contribution in [0.2, 0.25) is 0 Å². The van der Waals surface area contributed by atoms with E-state index in [1.807, 2.05) is 11.3 Å². The van der Waals surface area contributed by atoms with Crippen molar-refractivity contribution in [1.29, 1.82) is 0 Å². The molecule has 17 heavy (non-hydrogen) atoms. The molecule has 96 valence electrons. The first-order chi connectivity index (χ1) is 8.12. The lowest BCUT2D eigenvalue weighted by Crippen LogP contribution is -2.34. The van der Waals surface area contributed by atoms with E-state index in [0.717, 1.165) is 18.4 Å². The zero-order valence-corrected chi connectivity index (χ0v) is 12.1. The first kappa shape index (κ1) is 13.1. The first-order valence-corrected chi connectivity index (χ1v) is 7.79. The van der Waals surface area contributed by atoms with E-state index in [1.165, 1.54) is 25.8 Å². The molecule has 1 aromatic rings. The lowest BCUT2D eigenvalue weighted by atomic mass is 9.65. The highest BCUT2D eigenvalue weighted by Gasteiger charge is 2.35. The van der Waals surface area contributed by atoms with E-state index >= 15 is 0 Å². The highest BCUT2D eigenvalue weighted by Crippen LogP contribution is 2.46. The molecule has 1 aliphatic rings. The van der Waals surface area contributed by atoms with E-state index in [9.17, 15) is 0 Å². The Kier molecular flexibility index (Phi) is 4.26. The maximum absolute atomic E-state index is 3.54. The summed E-state index contributed by atoms with van der Waals surface area (Å²) < 4.78 is 0. The normalized spacial score (nSPS) is 28.2. The minimum Gasteiger partial charge on any atom is -0.317 e. The van der Waals surface area contributed by atoms with Crippen molar-refractivity contribution in [3.63, 3.8) is 0 Å². The average molecular weight is 251 g/mol. The Morgan fingerprint density at radius 2 is 2.29 bits per heavy atom. The van der Waals surface area contributed by atoms with Gasteiger partial charge in [-0.2, -0.15) is 11.3 Å². The van der Waals surface area contributed by atoms with Gasteiger partial charge in [0, 0.05) is 0 Å². The van der Waals surface area contributed by atoms with Crippen LogP contribution < -0.4 is 5.32 Å². The Balaban J connectivity index is 2.09. The molecule has 2 atom stereocenters. The summed E-state index contributed by atoms with van der Waals surface area (Å²) in [6.45, 7) is 9.33. The molecular formula is C15H25NS. The largest absolute Gasteiger partial charge is 0.317 e. The van der Waals surface area contributed by atoms with Crippen LogP contribution in [0.4, 0.5) is 0 Å². The van der Waals surface area contributed by atoms with Crippen LogP contribution >= 0.6 is 11.3 Å². The number of thiophene rings is 1. The smallest absolute Gasteiger partial charge is 0.00148 e. The molecular weight excluding hydrogens is 226 g/mol. The average Bonchev–Trinajstić information content (AvgIpc) is 2.80. The molecule has 0 aromatic carbocycles. The van der Waals surface area contributed by atoms with Gasteiger partial charge in [0.15, 0.2) is 0 Å². The molecule has 1 N–H and O–H groups in total. The third-order valence-electron chi connectivity index (χ3n) is 4.16. The second kappa shape index (κ2) is 5.53. The Morgan fingerprint density at radius 3 is 2.94 bits per heavy atom. The second-order valence-electron chi connectivity index (χ2n) is 6.14. The number of rotatable bonds is 4. The predicted molar refractivity (Wildman–Crippen MR) is 76.7 cm³/mol. The van der Waals surface area contributed by atoms with Gasteiger partial charge in [0.2, 0.25) is 0 Å². The highest BCUT2D eigenvalue weighted by molar-refractivity contribution is 7.07. The van der Waals surface area contributed by atoms with Gasteiger partial charge in [0.1, 0.15) is 0 Å². The number of hydrogen-bond donors (Lipinski definition) is 1. The fraction of sp³-hybridized carbons (Fsp3) is 0.733. The third-order valence-corrected chi connectivity index (χ3v) is 4.86. The molecule has 1 nitrogen and oxygen atoms in total. The van der Waals surface area contributed by atoms with Crippen LogP contribution in [0.3, 0.4) is 0 Å². The topological polar surface area (TPSA) is 12.0 Å². The summed E-state index contributed by atoms with van der Waals surface area (Å²) in [7, 11) is 0. The van der Waals surface area contributed by atoms with Gasteiger partial charge in [-0.1, -0.05) is 20.8 Å². The van der Waals surface area contributed by atoms with Crippen molar-refractivity contribution in [2.24, 2.45) is 11.3 Å². The van der Waals surface area contributed by atoms with Crippen molar-refractivity contribution in [3.05, 3.63) is 22.4 Å². The lowest BCUT2D eigenvalue weighted by Gasteiger charge is -2.41. The van der Waals surface area contributed by atoms with Crippen LogP contribution in [0.5, 0.6) is 0 Å². The van der Waals surface area contributed by atoms with Gasteiger partial charge in [-0.25, -0.2) is 0 Å². The molecule has 2 rings (SSSR count). The molecule has 0 radical (unpaired) electrons. The van der Waals surface area contributed by atoms with E-state index in [1.54, 1.807) is 5.56 Å². The molecule has 2 unspecified atom stereocenters. The quantitative estimate of drug-likeness (QED) is 0.843. The second-order valence-corrected chi connectivity index (χ2v) is 6.92. The summed E-state index contributed by atoms with van der Waals surface area (Å²) in [5, 5.41) is 8.12. The van der Waals surface area contributed by atoms with E-state index in [-0.39, 0.29) is 0 Å². The minimum absolute atomic E-state index is 0.523. The predicted octanol–water partition coefficient (Wildman–Crippen LogP) is 4.27. The fourth-order valence-corrected chi connectivity index (χ4v) is 3.82. The van der Waals surface area contributed by atoms with Gasteiger partial charge in [-0.05, 0) is 72.0 Å². The maximum atomic E-state index is 3.54. The van der Waals surface area contributed by atoms with Crippen molar-refractivity contribution in [2.45, 2.75) is 46.0 Å². The van der Waals surface area contributed by atoms with Crippen molar-refractivity contribution in [1.82, 2.24) is 5.32 Å². The molecule has 0 aliphatic heterocycles. The van der Waals surface area contributed by atoms with Crippen LogP contribution in [0, 0.1) is 11.3 Å². The number of nitrogens with one attached hydrogen (secondary N) is 1. The van der Waals surface area contributed by atoms with Crippen LogP contribution in [0.1, 0.15) is 51.5 Å². The monoisotopic (exact) mass is 251 g/mol.